The highest BCUT2D eigenvalue weighted by Crippen LogP contribution is 2.33. The Labute approximate surface area is 150 Å². The van der Waals surface area contributed by atoms with Crippen LogP contribution in [0.15, 0.2) is 83.3 Å². The minimum atomic E-state index is 1.00. The standard InChI is InChI=1S/C22H16BrN/c1-15-7-9-17(10-8-15)22-14-19(16-5-3-2-4-6-16)20-13-18(23)11-12-21(20)24-22/h2-14H,1H3. The first-order valence-corrected chi connectivity index (χ1v) is 8.73. The zero-order valence-electron chi connectivity index (χ0n) is 13.3. The molecule has 3 aromatic carbocycles. The fraction of sp³-hybridized carbons (Fsp3) is 0.0455. The fourth-order valence-electron chi connectivity index (χ4n) is 2.93. The number of benzene rings is 3. The van der Waals surface area contributed by atoms with Gasteiger partial charge in [0.2, 0.25) is 0 Å². The average Bonchev–Trinajstić information content (AvgIpc) is 2.62. The minimum Gasteiger partial charge on any atom is -0.248 e. The van der Waals surface area contributed by atoms with E-state index in [1.807, 2.05) is 12.1 Å². The van der Waals surface area contributed by atoms with Crippen molar-refractivity contribution in [1.29, 1.82) is 0 Å². The molecule has 0 saturated heterocycles. The monoisotopic (exact) mass is 373 g/mol. The normalized spacial score (nSPS) is 10.9. The van der Waals surface area contributed by atoms with Crippen LogP contribution in [0, 0.1) is 6.92 Å². The molecule has 0 spiro atoms. The second-order valence-electron chi connectivity index (χ2n) is 5.95. The molecule has 24 heavy (non-hydrogen) atoms. The Kier molecular flexibility index (Phi) is 3.91. The topological polar surface area (TPSA) is 12.9 Å². The van der Waals surface area contributed by atoms with Crippen LogP contribution >= 0.6 is 15.9 Å². The van der Waals surface area contributed by atoms with Gasteiger partial charge in [-0.05, 0) is 42.3 Å². The predicted octanol–water partition coefficient (Wildman–Crippen LogP) is 6.64. The summed E-state index contributed by atoms with van der Waals surface area (Å²) in [4.78, 5) is 4.88. The van der Waals surface area contributed by atoms with E-state index in [1.54, 1.807) is 0 Å². The third kappa shape index (κ3) is 2.85. The van der Waals surface area contributed by atoms with Crippen molar-refractivity contribution in [3.8, 4) is 22.4 Å². The lowest BCUT2D eigenvalue weighted by Crippen LogP contribution is -1.90. The molecule has 0 atom stereocenters. The van der Waals surface area contributed by atoms with E-state index in [-0.39, 0.29) is 0 Å². The summed E-state index contributed by atoms with van der Waals surface area (Å²) in [5.74, 6) is 0. The van der Waals surface area contributed by atoms with Crippen LogP contribution in [0.4, 0.5) is 0 Å². The summed E-state index contributed by atoms with van der Waals surface area (Å²) < 4.78 is 1.07. The highest BCUT2D eigenvalue weighted by molar-refractivity contribution is 9.10. The van der Waals surface area contributed by atoms with Gasteiger partial charge >= 0.3 is 0 Å². The number of aromatic nitrogens is 1. The van der Waals surface area contributed by atoms with E-state index < -0.39 is 0 Å². The smallest absolute Gasteiger partial charge is 0.0716 e. The van der Waals surface area contributed by atoms with E-state index >= 15 is 0 Å². The van der Waals surface area contributed by atoms with Crippen molar-refractivity contribution in [2.24, 2.45) is 0 Å². The highest BCUT2D eigenvalue weighted by atomic mass is 79.9. The molecule has 2 heteroatoms. The molecule has 1 heterocycles. The van der Waals surface area contributed by atoms with Gasteiger partial charge in [-0.3, -0.25) is 0 Å². The van der Waals surface area contributed by atoms with Crippen LogP contribution in [0.25, 0.3) is 33.3 Å². The largest absolute Gasteiger partial charge is 0.248 e. The zero-order chi connectivity index (χ0) is 16.5. The fourth-order valence-corrected chi connectivity index (χ4v) is 3.29. The van der Waals surface area contributed by atoms with E-state index in [0.29, 0.717) is 0 Å². The van der Waals surface area contributed by atoms with Gasteiger partial charge in [-0.15, -0.1) is 0 Å². The number of fused-ring (bicyclic) bond motifs is 1. The van der Waals surface area contributed by atoms with Crippen LogP contribution in [0.1, 0.15) is 5.56 Å². The molecule has 0 unspecified atom stereocenters. The molecule has 0 aliphatic heterocycles. The number of aryl methyl sites for hydroxylation is 1. The van der Waals surface area contributed by atoms with Crippen LogP contribution < -0.4 is 0 Å². The lowest BCUT2D eigenvalue weighted by Gasteiger charge is -2.11. The summed E-state index contributed by atoms with van der Waals surface area (Å²) in [5, 5.41) is 1.16. The van der Waals surface area contributed by atoms with E-state index in [9.17, 15) is 0 Å². The van der Waals surface area contributed by atoms with Crippen LogP contribution in [-0.4, -0.2) is 4.98 Å². The maximum atomic E-state index is 4.88. The lowest BCUT2D eigenvalue weighted by molar-refractivity contribution is 1.38. The van der Waals surface area contributed by atoms with Crippen molar-refractivity contribution < 1.29 is 0 Å². The summed E-state index contributed by atoms with van der Waals surface area (Å²) in [6.45, 7) is 2.10. The van der Waals surface area contributed by atoms with Gasteiger partial charge in [0.1, 0.15) is 0 Å². The summed E-state index contributed by atoms with van der Waals surface area (Å²) in [7, 11) is 0. The first-order chi connectivity index (χ1) is 11.7. The third-order valence-corrected chi connectivity index (χ3v) is 4.70. The number of pyridine rings is 1. The molecule has 1 aromatic heterocycles. The lowest BCUT2D eigenvalue weighted by atomic mass is 9.98. The molecule has 116 valence electrons. The van der Waals surface area contributed by atoms with E-state index in [1.165, 1.54) is 16.7 Å². The molecule has 0 amide bonds. The van der Waals surface area contributed by atoms with E-state index in [2.05, 4.69) is 89.6 Å². The quantitative estimate of drug-likeness (QED) is 0.383. The molecule has 0 N–H and O–H groups in total. The molecule has 0 fully saturated rings. The average molecular weight is 374 g/mol. The Bertz CT molecular complexity index is 1010. The molecule has 0 aliphatic carbocycles. The summed E-state index contributed by atoms with van der Waals surface area (Å²) in [6, 6.07) is 27.5. The Morgan fingerprint density at radius 3 is 2.25 bits per heavy atom. The van der Waals surface area contributed by atoms with E-state index in [0.717, 1.165) is 26.6 Å². The highest BCUT2D eigenvalue weighted by Gasteiger charge is 2.10. The Morgan fingerprint density at radius 2 is 1.50 bits per heavy atom. The molecule has 4 aromatic rings. The van der Waals surface area contributed by atoms with Gasteiger partial charge in [-0.2, -0.15) is 0 Å². The van der Waals surface area contributed by atoms with Gasteiger partial charge in [0, 0.05) is 15.4 Å². The SMILES string of the molecule is Cc1ccc(-c2cc(-c3ccccc3)c3cc(Br)ccc3n2)cc1. The van der Waals surface area contributed by atoms with Crippen molar-refractivity contribution in [3.05, 3.63) is 88.9 Å². The van der Waals surface area contributed by atoms with Crippen molar-refractivity contribution in [2.75, 3.05) is 0 Å². The van der Waals surface area contributed by atoms with Gasteiger partial charge in [0.15, 0.2) is 0 Å². The number of hydrogen-bond donors (Lipinski definition) is 0. The van der Waals surface area contributed by atoms with Crippen molar-refractivity contribution >= 4 is 26.8 Å². The molecule has 4 rings (SSSR count). The first kappa shape index (κ1) is 15.1. The number of halogens is 1. The van der Waals surface area contributed by atoms with Gasteiger partial charge in [-0.25, -0.2) is 4.98 Å². The Balaban J connectivity index is 2.00. The molecule has 0 radical (unpaired) electrons. The van der Waals surface area contributed by atoms with Crippen molar-refractivity contribution in [2.45, 2.75) is 6.92 Å². The Hall–Kier alpha value is -2.45. The van der Waals surface area contributed by atoms with Crippen LogP contribution in [0.5, 0.6) is 0 Å². The molecular formula is C22H16BrN. The predicted molar refractivity (Wildman–Crippen MR) is 105 cm³/mol. The van der Waals surface area contributed by atoms with Gasteiger partial charge < -0.3 is 0 Å². The van der Waals surface area contributed by atoms with Gasteiger partial charge in [0.25, 0.3) is 0 Å². The summed E-state index contributed by atoms with van der Waals surface area (Å²) in [6.07, 6.45) is 0. The maximum Gasteiger partial charge on any atom is 0.0716 e. The van der Waals surface area contributed by atoms with Crippen molar-refractivity contribution in [1.82, 2.24) is 4.98 Å². The third-order valence-electron chi connectivity index (χ3n) is 4.20. The van der Waals surface area contributed by atoms with E-state index in [4.69, 9.17) is 4.98 Å². The van der Waals surface area contributed by atoms with Crippen LogP contribution in [0.2, 0.25) is 0 Å². The molecule has 0 saturated carbocycles. The number of hydrogen-bond acceptors (Lipinski definition) is 1. The summed E-state index contributed by atoms with van der Waals surface area (Å²) >= 11 is 3.58. The van der Waals surface area contributed by atoms with Gasteiger partial charge in [0.05, 0.1) is 11.2 Å². The number of rotatable bonds is 2. The first-order valence-electron chi connectivity index (χ1n) is 7.93. The number of nitrogens with zero attached hydrogens (tertiary/aromatic N) is 1. The maximum absolute atomic E-state index is 4.88. The molecular weight excluding hydrogens is 358 g/mol. The van der Waals surface area contributed by atoms with Crippen molar-refractivity contribution in [3.63, 3.8) is 0 Å². The van der Waals surface area contributed by atoms with Gasteiger partial charge in [-0.1, -0.05) is 76.1 Å². The Morgan fingerprint density at radius 1 is 0.750 bits per heavy atom. The minimum absolute atomic E-state index is 1.00. The molecule has 0 aliphatic rings. The summed E-state index contributed by atoms with van der Waals surface area (Å²) in [5.41, 5.74) is 6.82. The van der Waals surface area contributed by atoms with Crippen LogP contribution in [-0.2, 0) is 0 Å². The molecule has 0 bridgehead atoms. The zero-order valence-corrected chi connectivity index (χ0v) is 14.9. The second kappa shape index (κ2) is 6.21. The molecule has 1 nitrogen and oxygen atoms in total. The second-order valence-corrected chi connectivity index (χ2v) is 6.86. The van der Waals surface area contributed by atoms with Crippen LogP contribution in [0.3, 0.4) is 0 Å².